The van der Waals surface area contributed by atoms with Gasteiger partial charge in [-0.2, -0.15) is 0 Å². The third kappa shape index (κ3) is 3.76. The maximum absolute atomic E-state index is 11.7. The molecule has 0 spiro atoms. The van der Waals surface area contributed by atoms with Gasteiger partial charge in [-0.25, -0.2) is 0 Å². The second-order valence-corrected chi connectivity index (χ2v) is 6.69. The summed E-state index contributed by atoms with van der Waals surface area (Å²) in [6.07, 6.45) is 3.67. The zero-order chi connectivity index (χ0) is 16.2. The number of methoxy groups -OCH3 is 1. The quantitative estimate of drug-likeness (QED) is 0.764. The van der Waals surface area contributed by atoms with Crippen LogP contribution in [0.4, 0.5) is 0 Å². The van der Waals surface area contributed by atoms with Crippen LogP contribution in [0.25, 0.3) is 0 Å². The maximum Gasteiger partial charge on any atom is 0.306 e. The SMILES string of the molecule is COC(=O)C[C@@]1(C)CCCC(=N[C@@H](C)c2ccccc2)C1C. The Morgan fingerprint density at radius 3 is 2.73 bits per heavy atom. The Morgan fingerprint density at radius 2 is 2.09 bits per heavy atom. The van der Waals surface area contributed by atoms with Gasteiger partial charge in [0.2, 0.25) is 0 Å². The molecule has 1 fully saturated rings. The summed E-state index contributed by atoms with van der Waals surface area (Å²) in [5.74, 6) is 0.193. The minimum Gasteiger partial charge on any atom is -0.469 e. The van der Waals surface area contributed by atoms with Crippen molar-refractivity contribution in [2.24, 2.45) is 16.3 Å². The van der Waals surface area contributed by atoms with Crippen molar-refractivity contribution < 1.29 is 9.53 Å². The Bertz CT molecular complexity index is 538. The van der Waals surface area contributed by atoms with E-state index in [1.54, 1.807) is 0 Å². The molecule has 0 aliphatic heterocycles. The minimum absolute atomic E-state index is 0.0411. The number of rotatable bonds is 4. The fourth-order valence-corrected chi connectivity index (χ4v) is 3.38. The van der Waals surface area contributed by atoms with Gasteiger partial charge in [-0.3, -0.25) is 9.79 Å². The maximum atomic E-state index is 11.7. The predicted molar refractivity (Wildman–Crippen MR) is 90.0 cm³/mol. The Hall–Kier alpha value is -1.64. The van der Waals surface area contributed by atoms with E-state index in [0.717, 1.165) is 19.3 Å². The molecule has 0 bridgehead atoms. The zero-order valence-electron chi connectivity index (χ0n) is 14.1. The highest BCUT2D eigenvalue weighted by Gasteiger charge is 2.39. The molecule has 22 heavy (non-hydrogen) atoms. The van der Waals surface area contributed by atoms with E-state index < -0.39 is 0 Å². The third-order valence-corrected chi connectivity index (χ3v) is 5.14. The largest absolute Gasteiger partial charge is 0.469 e. The molecule has 0 aromatic heterocycles. The first kappa shape index (κ1) is 16.7. The molecule has 1 aromatic carbocycles. The highest BCUT2D eigenvalue weighted by atomic mass is 16.5. The number of hydrogen-bond acceptors (Lipinski definition) is 3. The van der Waals surface area contributed by atoms with E-state index in [1.807, 2.05) is 6.07 Å². The molecule has 3 atom stereocenters. The van der Waals surface area contributed by atoms with E-state index in [9.17, 15) is 4.79 Å². The van der Waals surface area contributed by atoms with Crippen molar-refractivity contribution >= 4 is 11.7 Å². The number of esters is 1. The molecular weight excluding hydrogens is 274 g/mol. The molecule has 3 nitrogen and oxygen atoms in total. The second-order valence-electron chi connectivity index (χ2n) is 6.69. The van der Waals surface area contributed by atoms with Gasteiger partial charge in [0, 0.05) is 5.71 Å². The lowest BCUT2D eigenvalue weighted by Gasteiger charge is -2.40. The summed E-state index contributed by atoms with van der Waals surface area (Å²) in [6, 6.07) is 10.5. The van der Waals surface area contributed by atoms with Crippen LogP contribution in [0.1, 0.15) is 58.1 Å². The van der Waals surface area contributed by atoms with Crippen LogP contribution in [0.15, 0.2) is 35.3 Å². The molecule has 0 radical (unpaired) electrons. The Kier molecular flexibility index (Phi) is 5.38. The van der Waals surface area contributed by atoms with Crippen LogP contribution >= 0.6 is 0 Å². The zero-order valence-corrected chi connectivity index (χ0v) is 14.1. The first-order chi connectivity index (χ1) is 10.5. The van der Waals surface area contributed by atoms with Crippen molar-refractivity contribution in [3.63, 3.8) is 0 Å². The summed E-state index contributed by atoms with van der Waals surface area (Å²) in [5.41, 5.74) is 2.44. The van der Waals surface area contributed by atoms with Crippen molar-refractivity contribution in [3.8, 4) is 0 Å². The molecule has 0 amide bonds. The molecule has 1 unspecified atom stereocenters. The van der Waals surface area contributed by atoms with Crippen molar-refractivity contribution in [1.29, 1.82) is 0 Å². The average molecular weight is 301 g/mol. The summed E-state index contributed by atoms with van der Waals surface area (Å²) in [7, 11) is 1.46. The fraction of sp³-hybridized carbons (Fsp3) is 0.579. The smallest absolute Gasteiger partial charge is 0.306 e. The lowest BCUT2D eigenvalue weighted by molar-refractivity contribution is -0.143. The van der Waals surface area contributed by atoms with Crippen molar-refractivity contribution in [2.45, 2.75) is 52.5 Å². The van der Waals surface area contributed by atoms with Gasteiger partial charge in [-0.1, -0.05) is 44.2 Å². The molecule has 0 N–H and O–H groups in total. The van der Waals surface area contributed by atoms with E-state index >= 15 is 0 Å². The van der Waals surface area contributed by atoms with Crippen LogP contribution in [0, 0.1) is 11.3 Å². The Balaban J connectivity index is 2.17. The van der Waals surface area contributed by atoms with Crippen LogP contribution in [-0.4, -0.2) is 18.8 Å². The highest BCUT2D eigenvalue weighted by molar-refractivity contribution is 5.88. The van der Waals surface area contributed by atoms with Crippen LogP contribution in [0.3, 0.4) is 0 Å². The van der Waals surface area contributed by atoms with Crippen molar-refractivity contribution in [2.75, 3.05) is 7.11 Å². The third-order valence-electron chi connectivity index (χ3n) is 5.14. The number of ether oxygens (including phenoxy) is 1. The molecular formula is C19H27NO2. The molecule has 1 saturated carbocycles. The lowest BCUT2D eigenvalue weighted by atomic mass is 9.65. The molecule has 1 aliphatic carbocycles. The van der Waals surface area contributed by atoms with E-state index in [4.69, 9.17) is 9.73 Å². The van der Waals surface area contributed by atoms with Crippen LogP contribution in [0.2, 0.25) is 0 Å². The molecule has 3 heteroatoms. The topological polar surface area (TPSA) is 38.7 Å². The Morgan fingerprint density at radius 1 is 1.41 bits per heavy atom. The summed E-state index contributed by atoms with van der Waals surface area (Å²) < 4.78 is 4.87. The van der Waals surface area contributed by atoms with Crippen molar-refractivity contribution in [3.05, 3.63) is 35.9 Å². The summed E-state index contributed by atoms with van der Waals surface area (Å²) in [4.78, 5) is 16.7. The van der Waals surface area contributed by atoms with Gasteiger partial charge in [0.1, 0.15) is 0 Å². The first-order valence-corrected chi connectivity index (χ1v) is 8.14. The number of carbonyl (C=O) groups is 1. The molecule has 1 aromatic rings. The number of benzene rings is 1. The van der Waals surface area contributed by atoms with Crippen LogP contribution in [0.5, 0.6) is 0 Å². The molecule has 2 rings (SSSR count). The van der Waals surface area contributed by atoms with Gasteiger partial charge < -0.3 is 4.74 Å². The van der Waals surface area contributed by atoms with Crippen molar-refractivity contribution in [1.82, 2.24) is 0 Å². The van der Waals surface area contributed by atoms with Gasteiger partial charge in [0.25, 0.3) is 0 Å². The lowest BCUT2D eigenvalue weighted by Crippen LogP contribution is -2.37. The summed E-state index contributed by atoms with van der Waals surface area (Å²) >= 11 is 0. The molecule has 1 aliphatic rings. The number of hydrogen-bond donors (Lipinski definition) is 0. The molecule has 0 saturated heterocycles. The predicted octanol–water partition coefficient (Wildman–Crippen LogP) is 4.58. The standard InChI is InChI=1S/C19H27NO2/c1-14-17(20-15(2)16-9-6-5-7-10-16)11-8-12-19(14,3)13-18(21)22-4/h5-7,9-10,14-15H,8,11-13H2,1-4H3/t14?,15-,19+/m0/s1. The van der Waals surface area contributed by atoms with E-state index in [-0.39, 0.29) is 17.4 Å². The molecule has 120 valence electrons. The monoisotopic (exact) mass is 301 g/mol. The van der Waals surface area contributed by atoms with E-state index in [2.05, 4.69) is 45.0 Å². The normalized spacial score (nSPS) is 28.4. The van der Waals surface area contributed by atoms with E-state index in [1.165, 1.54) is 18.4 Å². The second kappa shape index (κ2) is 7.08. The first-order valence-electron chi connectivity index (χ1n) is 8.14. The van der Waals surface area contributed by atoms with Crippen LogP contribution in [-0.2, 0) is 9.53 Å². The average Bonchev–Trinajstić information content (AvgIpc) is 2.52. The fourth-order valence-electron chi connectivity index (χ4n) is 3.38. The number of nitrogens with zero attached hydrogens (tertiary/aromatic N) is 1. The number of aliphatic imine (C=N–C) groups is 1. The van der Waals surface area contributed by atoms with E-state index in [0.29, 0.717) is 12.3 Å². The van der Waals surface area contributed by atoms with Gasteiger partial charge in [-0.05, 0) is 43.1 Å². The summed E-state index contributed by atoms with van der Waals surface area (Å²) in [6.45, 7) is 6.54. The highest BCUT2D eigenvalue weighted by Crippen LogP contribution is 2.43. The Labute approximate surface area is 133 Å². The van der Waals surface area contributed by atoms with Gasteiger partial charge >= 0.3 is 5.97 Å². The summed E-state index contributed by atoms with van der Waals surface area (Å²) in [5, 5.41) is 0. The minimum atomic E-state index is -0.119. The molecule has 0 heterocycles. The van der Waals surface area contributed by atoms with Gasteiger partial charge in [-0.15, -0.1) is 0 Å². The van der Waals surface area contributed by atoms with Crippen LogP contribution < -0.4 is 0 Å². The van der Waals surface area contributed by atoms with Gasteiger partial charge in [0.15, 0.2) is 0 Å². The number of carbonyl (C=O) groups excluding carboxylic acids is 1. The van der Waals surface area contributed by atoms with Gasteiger partial charge in [0.05, 0.1) is 19.6 Å².